The lowest BCUT2D eigenvalue weighted by molar-refractivity contribution is -0.122. The van der Waals surface area contributed by atoms with Gasteiger partial charge in [0.05, 0.1) is 13.7 Å². The molecule has 20 heavy (non-hydrogen) atoms. The van der Waals surface area contributed by atoms with Crippen molar-refractivity contribution in [3.05, 3.63) is 29.8 Å². The first-order chi connectivity index (χ1) is 9.70. The number of nitrogens with one attached hydrogen (secondary N) is 1. The van der Waals surface area contributed by atoms with E-state index in [4.69, 9.17) is 9.47 Å². The molecule has 2 rings (SSSR count). The van der Waals surface area contributed by atoms with E-state index in [0.717, 1.165) is 18.6 Å². The van der Waals surface area contributed by atoms with Gasteiger partial charge in [0.2, 0.25) is 5.91 Å². The zero-order valence-corrected chi connectivity index (χ0v) is 12.3. The fourth-order valence-electron chi connectivity index (χ4n) is 2.67. The lowest BCUT2D eigenvalue weighted by atomic mass is 9.64. The van der Waals surface area contributed by atoms with E-state index in [1.165, 1.54) is 12.0 Å². The number of carbonyl (C=O) groups is 1. The average Bonchev–Trinajstić information content (AvgIpc) is 2.44. The van der Waals surface area contributed by atoms with Gasteiger partial charge >= 0.3 is 0 Å². The first-order valence-electron chi connectivity index (χ1n) is 7.10. The maximum absolute atomic E-state index is 11.7. The van der Waals surface area contributed by atoms with Gasteiger partial charge in [-0.05, 0) is 30.5 Å². The zero-order chi connectivity index (χ0) is 14.4. The molecule has 1 aromatic carbocycles. The van der Waals surface area contributed by atoms with Crippen molar-refractivity contribution in [3.63, 3.8) is 0 Å². The van der Waals surface area contributed by atoms with Crippen molar-refractivity contribution in [1.29, 1.82) is 0 Å². The zero-order valence-electron chi connectivity index (χ0n) is 12.3. The van der Waals surface area contributed by atoms with E-state index in [1.807, 2.05) is 12.1 Å². The van der Waals surface area contributed by atoms with E-state index in [1.54, 1.807) is 14.2 Å². The second kappa shape index (κ2) is 6.75. The van der Waals surface area contributed by atoms with Crippen LogP contribution in [0.4, 0.5) is 0 Å². The molecule has 0 aromatic heterocycles. The topological polar surface area (TPSA) is 47.6 Å². The molecule has 1 amide bonds. The average molecular weight is 277 g/mol. The molecule has 4 nitrogen and oxygen atoms in total. The molecule has 1 fully saturated rings. The van der Waals surface area contributed by atoms with Crippen LogP contribution in [-0.4, -0.2) is 33.3 Å². The van der Waals surface area contributed by atoms with Crippen LogP contribution in [0.5, 0.6) is 5.75 Å². The highest BCUT2D eigenvalue weighted by Gasteiger charge is 2.38. The van der Waals surface area contributed by atoms with Crippen LogP contribution in [0.2, 0.25) is 0 Å². The molecule has 1 aliphatic rings. The van der Waals surface area contributed by atoms with Gasteiger partial charge in [0.15, 0.2) is 0 Å². The summed E-state index contributed by atoms with van der Waals surface area (Å²) in [6.45, 7) is 1.18. The fourth-order valence-corrected chi connectivity index (χ4v) is 2.67. The SMILES string of the molecule is COCCC(=O)NCC1(c2ccc(OC)cc2)CCC1. The highest BCUT2D eigenvalue weighted by atomic mass is 16.5. The smallest absolute Gasteiger partial charge is 0.222 e. The van der Waals surface area contributed by atoms with Gasteiger partial charge in [-0.25, -0.2) is 0 Å². The third-order valence-electron chi connectivity index (χ3n) is 4.17. The van der Waals surface area contributed by atoms with E-state index in [0.29, 0.717) is 19.6 Å². The molecule has 0 heterocycles. The third kappa shape index (κ3) is 3.31. The lowest BCUT2D eigenvalue weighted by Gasteiger charge is -2.42. The standard InChI is InChI=1S/C16H23NO3/c1-19-11-8-15(18)17-12-16(9-3-10-16)13-4-6-14(20-2)7-5-13/h4-7H,3,8-12H2,1-2H3,(H,17,18). The minimum absolute atomic E-state index is 0.0617. The number of amides is 1. The molecule has 4 heteroatoms. The molecule has 0 saturated heterocycles. The van der Waals surface area contributed by atoms with Crippen molar-refractivity contribution in [1.82, 2.24) is 5.32 Å². The van der Waals surface area contributed by atoms with Crippen LogP contribution in [-0.2, 0) is 14.9 Å². The van der Waals surface area contributed by atoms with E-state index in [-0.39, 0.29) is 11.3 Å². The molecular formula is C16H23NO3. The Morgan fingerprint density at radius 3 is 2.45 bits per heavy atom. The van der Waals surface area contributed by atoms with Crippen LogP contribution in [0.3, 0.4) is 0 Å². The summed E-state index contributed by atoms with van der Waals surface area (Å²) in [6.07, 6.45) is 3.91. The Bertz CT molecular complexity index is 438. The second-order valence-corrected chi connectivity index (χ2v) is 5.38. The molecule has 1 aromatic rings. The van der Waals surface area contributed by atoms with E-state index in [9.17, 15) is 4.79 Å². The number of carbonyl (C=O) groups excluding carboxylic acids is 1. The Labute approximate surface area is 120 Å². The summed E-state index contributed by atoms with van der Waals surface area (Å²) in [5, 5.41) is 3.04. The van der Waals surface area contributed by atoms with Crippen molar-refractivity contribution in [2.24, 2.45) is 0 Å². The molecule has 1 aliphatic carbocycles. The van der Waals surface area contributed by atoms with E-state index >= 15 is 0 Å². The Kier molecular flexibility index (Phi) is 5.01. The minimum Gasteiger partial charge on any atom is -0.497 e. The van der Waals surface area contributed by atoms with Crippen LogP contribution >= 0.6 is 0 Å². The van der Waals surface area contributed by atoms with Gasteiger partial charge in [-0.3, -0.25) is 4.79 Å². The molecule has 0 radical (unpaired) electrons. The molecule has 0 spiro atoms. The summed E-state index contributed by atoms with van der Waals surface area (Å²) in [5.74, 6) is 0.930. The molecule has 0 bridgehead atoms. The number of rotatable bonds is 7. The summed E-state index contributed by atoms with van der Waals surface area (Å²) >= 11 is 0. The molecule has 110 valence electrons. The van der Waals surface area contributed by atoms with Crippen molar-refractivity contribution in [2.75, 3.05) is 27.4 Å². The largest absolute Gasteiger partial charge is 0.497 e. The first kappa shape index (κ1) is 14.9. The second-order valence-electron chi connectivity index (χ2n) is 5.38. The maximum atomic E-state index is 11.7. The van der Waals surface area contributed by atoms with Crippen molar-refractivity contribution < 1.29 is 14.3 Å². The number of benzene rings is 1. The summed E-state index contributed by atoms with van der Waals surface area (Å²) in [5.41, 5.74) is 1.39. The lowest BCUT2D eigenvalue weighted by Crippen LogP contribution is -2.45. The molecular weight excluding hydrogens is 254 g/mol. The molecule has 0 atom stereocenters. The van der Waals surface area contributed by atoms with Crippen molar-refractivity contribution in [3.8, 4) is 5.75 Å². The van der Waals surface area contributed by atoms with E-state index < -0.39 is 0 Å². The van der Waals surface area contributed by atoms with Crippen LogP contribution < -0.4 is 10.1 Å². The highest BCUT2D eigenvalue weighted by molar-refractivity contribution is 5.76. The van der Waals surface area contributed by atoms with Gasteiger partial charge in [-0.2, -0.15) is 0 Å². The Morgan fingerprint density at radius 1 is 1.25 bits per heavy atom. The van der Waals surface area contributed by atoms with Crippen LogP contribution in [0.15, 0.2) is 24.3 Å². The van der Waals surface area contributed by atoms with Gasteiger partial charge < -0.3 is 14.8 Å². The van der Waals surface area contributed by atoms with Crippen molar-refractivity contribution >= 4 is 5.91 Å². The minimum atomic E-state index is 0.0617. The monoisotopic (exact) mass is 277 g/mol. The maximum Gasteiger partial charge on any atom is 0.222 e. The van der Waals surface area contributed by atoms with Gasteiger partial charge in [-0.15, -0.1) is 0 Å². The fraction of sp³-hybridized carbons (Fsp3) is 0.562. The molecule has 1 saturated carbocycles. The van der Waals surface area contributed by atoms with Crippen molar-refractivity contribution in [2.45, 2.75) is 31.1 Å². The van der Waals surface area contributed by atoms with Gasteiger partial charge in [-0.1, -0.05) is 18.6 Å². The number of methoxy groups -OCH3 is 2. The number of hydrogen-bond donors (Lipinski definition) is 1. The highest BCUT2D eigenvalue weighted by Crippen LogP contribution is 2.43. The number of hydrogen-bond acceptors (Lipinski definition) is 3. The molecule has 0 aliphatic heterocycles. The Hall–Kier alpha value is -1.55. The Morgan fingerprint density at radius 2 is 1.95 bits per heavy atom. The third-order valence-corrected chi connectivity index (χ3v) is 4.17. The van der Waals surface area contributed by atoms with Gasteiger partial charge in [0.1, 0.15) is 5.75 Å². The predicted octanol–water partition coefficient (Wildman–Crippen LogP) is 2.27. The molecule has 1 N–H and O–H groups in total. The summed E-state index contributed by atoms with van der Waals surface area (Å²) in [6, 6.07) is 8.20. The number of ether oxygens (including phenoxy) is 2. The van der Waals surface area contributed by atoms with Gasteiger partial charge in [0, 0.05) is 25.5 Å². The molecule has 0 unspecified atom stereocenters. The summed E-state index contributed by atoms with van der Waals surface area (Å²) in [7, 11) is 3.28. The van der Waals surface area contributed by atoms with Gasteiger partial charge in [0.25, 0.3) is 0 Å². The first-order valence-corrected chi connectivity index (χ1v) is 7.10. The van der Waals surface area contributed by atoms with Crippen LogP contribution in [0.25, 0.3) is 0 Å². The predicted molar refractivity (Wildman–Crippen MR) is 78.0 cm³/mol. The quantitative estimate of drug-likeness (QED) is 0.831. The Balaban J connectivity index is 1.96. The van der Waals surface area contributed by atoms with Crippen LogP contribution in [0.1, 0.15) is 31.2 Å². The summed E-state index contributed by atoms with van der Waals surface area (Å²) < 4.78 is 10.1. The normalized spacial score (nSPS) is 16.3. The van der Waals surface area contributed by atoms with E-state index in [2.05, 4.69) is 17.4 Å². The van der Waals surface area contributed by atoms with Crippen LogP contribution in [0, 0.1) is 0 Å². The summed E-state index contributed by atoms with van der Waals surface area (Å²) in [4.78, 5) is 11.7.